The molecule has 1 aliphatic heterocycles. The second-order valence-electron chi connectivity index (χ2n) is 5.99. The molecule has 3 heterocycles. The smallest absolute Gasteiger partial charge is 0.430 e. The summed E-state index contributed by atoms with van der Waals surface area (Å²) >= 11 is 0. The Morgan fingerprint density at radius 1 is 1.07 bits per heavy atom. The van der Waals surface area contributed by atoms with Crippen molar-refractivity contribution in [2.75, 3.05) is 5.43 Å². The summed E-state index contributed by atoms with van der Waals surface area (Å²) in [6, 6.07) is 4.62. The van der Waals surface area contributed by atoms with Crippen LogP contribution in [0.15, 0.2) is 24.4 Å². The van der Waals surface area contributed by atoms with Crippen molar-refractivity contribution in [1.82, 2.24) is 15.0 Å². The van der Waals surface area contributed by atoms with E-state index in [-0.39, 0.29) is 28.0 Å². The number of rotatable bonds is 2. The monoisotopic (exact) mass is 368 g/mol. The van der Waals surface area contributed by atoms with Gasteiger partial charge in [0, 0.05) is 28.2 Å². The zero-order valence-corrected chi connectivity index (χ0v) is 13.8. The minimum atomic E-state index is -1.40. The van der Waals surface area contributed by atoms with E-state index in [9.17, 15) is 29.7 Å². The van der Waals surface area contributed by atoms with E-state index in [4.69, 9.17) is 0 Å². The van der Waals surface area contributed by atoms with E-state index in [0.717, 1.165) is 6.20 Å². The van der Waals surface area contributed by atoms with Crippen LogP contribution in [0, 0.1) is 6.92 Å². The number of carboxylic acid groups (broad SMARTS) is 3. The van der Waals surface area contributed by atoms with Crippen LogP contribution in [-0.2, 0) is 4.79 Å². The number of hydrogen-bond acceptors (Lipinski definition) is 5. The summed E-state index contributed by atoms with van der Waals surface area (Å²) < 4.78 is 0. The molecular weight excluding hydrogens is 356 g/mol. The van der Waals surface area contributed by atoms with Crippen LogP contribution in [0.25, 0.3) is 27.4 Å². The molecule has 0 saturated heterocycles. The van der Waals surface area contributed by atoms with Crippen molar-refractivity contribution in [1.29, 1.82) is 0 Å². The molecule has 0 aliphatic carbocycles. The van der Waals surface area contributed by atoms with Crippen molar-refractivity contribution < 1.29 is 29.7 Å². The predicted molar refractivity (Wildman–Crippen MR) is 94.4 cm³/mol. The summed E-state index contributed by atoms with van der Waals surface area (Å²) in [6.45, 7) is 1.75. The number of aryl methyl sites for hydroxylation is 1. The number of nitrogens with zero attached hydrogens (tertiary/aromatic N) is 2. The highest BCUT2D eigenvalue weighted by molar-refractivity contribution is 6.27. The van der Waals surface area contributed by atoms with Crippen LogP contribution >= 0.6 is 0 Å². The topological polar surface area (TPSA) is 156 Å². The van der Waals surface area contributed by atoms with Gasteiger partial charge in [-0.15, -0.1) is 0 Å². The van der Waals surface area contributed by atoms with Gasteiger partial charge in [-0.05, 0) is 25.1 Å². The quantitative estimate of drug-likeness (QED) is 0.462. The maximum absolute atomic E-state index is 11.8. The van der Waals surface area contributed by atoms with Gasteiger partial charge in [0.05, 0.1) is 22.3 Å². The highest BCUT2D eigenvalue weighted by atomic mass is 16.4. The van der Waals surface area contributed by atoms with E-state index in [1.165, 1.54) is 6.07 Å². The molecule has 27 heavy (non-hydrogen) atoms. The number of nitrogens with one attached hydrogen (secondary N) is 2. The van der Waals surface area contributed by atoms with Crippen LogP contribution in [0.5, 0.6) is 0 Å². The van der Waals surface area contributed by atoms with E-state index in [0.29, 0.717) is 27.0 Å². The molecule has 1 aromatic carbocycles. The lowest BCUT2D eigenvalue weighted by Crippen LogP contribution is -2.34. The Balaban J connectivity index is 2.20. The number of amides is 1. The van der Waals surface area contributed by atoms with Gasteiger partial charge in [0.2, 0.25) is 0 Å². The van der Waals surface area contributed by atoms with Crippen LogP contribution in [0.2, 0.25) is 0 Å². The number of benzene rings is 1. The first-order chi connectivity index (χ1) is 12.8. The number of hydrogen-bond donors (Lipinski definition) is 5. The van der Waals surface area contributed by atoms with E-state index in [1.807, 2.05) is 0 Å². The minimum absolute atomic E-state index is 0.141. The molecule has 5 N–H and O–H groups in total. The van der Waals surface area contributed by atoms with Crippen LogP contribution in [-0.4, -0.2) is 48.3 Å². The van der Waals surface area contributed by atoms with Gasteiger partial charge < -0.3 is 20.3 Å². The fourth-order valence-corrected chi connectivity index (χ4v) is 3.21. The number of aromatic amines is 1. The molecule has 0 radical (unpaired) electrons. The molecule has 3 aromatic rings. The molecule has 1 aliphatic rings. The molecule has 0 atom stereocenters. The van der Waals surface area contributed by atoms with Gasteiger partial charge in [0.25, 0.3) is 0 Å². The zero-order chi connectivity index (χ0) is 19.5. The van der Waals surface area contributed by atoms with Gasteiger partial charge in [0.1, 0.15) is 5.69 Å². The first-order valence-corrected chi connectivity index (χ1v) is 7.71. The third kappa shape index (κ3) is 2.34. The number of fused-ring (bicyclic) bond motifs is 6. The van der Waals surface area contributed by atoms with Crippen molar-refractivity contribution in [2.45, 2.75) is 6.92 Å². The van der Waals surface area contributed by atoms with Gasteiger partial charge in [0.15, 0.2) is 0 Å². The molecule has 4 rings (SSSR count). The maximum Gasteiger partial charge on any atom is 0.430 e. The Hall–Kier alpha value is -4.08. The molecule has 0 unspecified atom stereocenters. The van der Waals surface area contributed by atoms with Gasteiger partial charge in [-0.25, -0.2) is 14.4 Å². The summed E-state index contributed by atoms with van der Waals surface area (Å²) in [6.07, 6.45) is -0.463. The summed E-state index contributed by atoms with van der Waals surface area (Å²) in [5, 5.41) is 29.9. The molecule has 0 saturated carbocycles. The lowest BCUT2D eigenvalue weighted by Gasteiger charge is -2.27. The van der Waals surface area contributed by atoms with Crippen molar-refractivity contribution in [3.8, 4) is 0 Å². The lowest BCUT2D eigenvalue weighted by atomic mass is 9.96. The Labute approximate surface area is 150 Å². The second kappa shape index (κ2) is 5.46. The fraction of sp³-hybridized carbons (Fsp3) is 0.0588. The number of carboxylic acids is 2. The van der Waals surface area contributed by atoms with Gasteiger partial charge in [-0.2, -0.15) is 5.01 Å². The Kier molecular flexibility index (Phi) is 3.31. The minimum Gasteiger partial charge on any atom is -0.478 e. The van der Waals surface area contributed by atoms with E-state index >= 15 is 0 Å². The van der Waals surface area contributed by atoms with Crippen molar-refractivity contribution in [3.63, 3.8) is 0 Å². The zero-order valence-electron chi connectivity index (χ0n) is 13.8. The Morgan fingerprint density at radius 3 is 2.44 bits per heavy atom. The number of hydrazine groups is 1. The second-order valence-corrected chi connectivity index (χ2v) is 5.99. The third-order valence-electron chi connectivity index (χ3n) is 4.29. The van der Waals surface area contributed by atoms with E-state index < -0.39 is 18.0 Å². The summed E-state index contributed by atoms with van der Waals surface area (Å²) in [5.74, 6) is -2.57. The van der Waals surface area contributed by atoms with Crippen molar-refractivity contribution >= 4 is 51.1 Å². The summed E-state index contributed by atoms with van der Waals surface area (Å²) in [4.78, 5) is 41.7. The molecule has 0 bridgehead atoms. The van der Waals surface area contributed by atoms with Gasteiger partial charge >= 0.3 is 18.0 Å². The lowest BCUT2D eigenvalue weighted by molar-refractivity contribution is -0.130. The average Bonchev–Trinajstić information content (AvgIpc) is 3.02. The van der Waals surface area contributed by atoms with E-state index in [2.05, 4.69) is 15.4 Å². The summed E-state index contributed by atoms with van der Waals surface area (Å²) in [5.41, 5.74) is 4.00. The number of carbonyl (C=O) groups is 3. The molecule has 10 heteroatoms. The first kappa shape index (κ1) is 16.4. The number of H-pyrrole nitrogens is 1. The molecule has 1 amide bonds. The first-order valence-electron chi connectivity index (χ1n) is 7.71. The SMILES string of the molecule is Cc1cc2c3c(c4[nH]c(C(=O)O)ccc4c2n1)C(C(=O)O)=CN(C(=O)O)N3. The maximum atomic E-state index is 11.8. The van der Waals surface area contributed by atoms with Crippen LogP contribution < -0.4 is 5.43 Å². The Bertz CT molecular complexity index is 1210. The molecule has 10 nitrogen and oxygen atoms in total. The molecule has 0 spiro atoms. The molecule has 136 valence electrons. The molecular formula is C17H12N4O6. The molecule has 2 aromatic heterocycles. The van der Waals surface area contributed by atoms with Crippen molar-refractivity contribution in [2.24, 2.45) is 0 Å². The highest BCUT2D eigenvalue weighted by Gasteiger charge is 2.30. The van der Waals surface area contributed by atoms with Gasteiger partial charge in [-0.1, -0.05) is 0 Å². The highest BCUT2D eigenvalue weighted by Crippen LogP contribution is 2.42. The molecule has 0 fully saturated rings. The number of aromatic carboxylic acids is 1. The Morgan fingerprint density at radius 2 is 1.81 bits per heavy atom. The normalized spacial score (nSPS) is 13.2. The predicted octanol–water partition coefficient (Wildman–Crippen LogP) is 2.47. The van der Waals surface area contributed by atoms with Crippen LogP contribution in [0.3, 0.4) is 0 Å². The van der Waals surface area contributed by atoms with E-state index in [1.54, 1.807) is 19.1 Å². The number of anilines is 1. The van der Waals surface area contributed by atoms with Crippen molar-refractivity contribution in [3.05, 3.63) is 41.4 Å². The van der Waals surface area contributed by atoms with Gasteiger partial charge in [-0.3, -0.25) is 10.4 Å². The largest absolute Gasteiger partial charge is 0.478 e. The average molecular weight is 368 g/mol. The fourth-order valence-electron chi connectivity index (χ4n) is 3.21. The van der Waals surface area contributed by atoms with Crippen LogP contribution in [0.1, 0.15) is 21.7 Å². The number of pyridine rings is 1. The standard InChI is InChI=1S/C17H12N4O6/c1-6-4-8-12(18-6)7-2-3-10(16(24)25)19-13(7)11-9(15(22)23)5-21(17(26)27)20-14(8)11/h2-5,19-20H,1H3,(H,22,23)(H,24,25)(H,26,27). The third-order valence-corrected chi connectivity index (χ3v) is 4.29. The number of aliphatic carboxylic acids is 1. The number of aromatic nitrogens is 2. The summed E-state index contributed by atoms with van der Waals surface area (Å²) in [7, 11) is 0. The van der Waals surface area contributed by atoms with Crippen LogP contribution in [0.4, 0.5) is 10.5 Å².